The molecule has 5 nitrogen and oxygen atoms in total. The monoisotopic (exact) mass is 285 g/mol. The molecule has 94 valence electrons. The van der Waals surface area contributed by atoms with E-state index in [4.69, 9.17) is 27.9 Å². The fourth-order valence-corrected chi connectivity index (χ4v) is 1.87. The minimum Gasteiger partial charge on any atom is -0.461 e. The van der Waals surface area contributed by atoms with Crippen molar-refractivity contribution in [1.82, 2.24) is 15.0 Å². The Balaban J connectivity index is 2.32. The average molecular weight is 286 g/mol. The van der Waals surface area contributed by atoms with Crippen LogP contribution in [-0.4, -0.2) is 27.6 Å². The summed E-state index contributed by atoms with van der Waals surface area (Å²) in [5.74, 6) is -0.517. The Morgan fingerprint density at radius 2 is 2.00 bits per heavy atom. The maximum atomic E-state index is 11.4. The first-order chi connectivity index (χ1) is 8.60. The Morgan fingerprint density at radius 1 is 1.33 bits per heavy atom. The lowest BCUT2D eigenvalue weighted by molar-refractivity contribution is 0.0519. The Bertz CT molecular complexity index is 563. The fourth-order valence-electron chi connectivity index (χ4n) is 1.36. The number of benzene rings is 1. The number of carbonyl (C=O) groups excluding carboxylic acids is 1. The minimum absolute atomic E-state index is 0.132. The van der Waals surface area contributed by atoms with E-state index in [1.54, 1.807) is 25.1 Å². The summed E-state index contributed by atoms with van der Waals surface area (Å²) in [4.78, 5) is 11.4. The first-order valence-electron chi connectivity index (χ1n) is 5.16. The Morgan fingerprint density at radius 3 is 2.61 bits per heavy atom. The van der Waals surface area contributed by atoms with Gasteiger partial charge < -0.3 is 4.74 Å². The summed E-state index contributed by atoms with van der Waals surface area (Å²) in [5.41, 5.74) is 0.753. The highest BCUT2D eigenvalue weighted by Gasteiger charge is 2.12. The van der Waals surface area contributed by atoms with Crippen molar-refractivity contribution in [3.05, 3.63) is 40.1 Å². The Labute approximate surface area is 113 Å². The van der Waals surface area contributed by atoms with Crippen LogP contribution in [0.5, 0.6) is 0 Å². The van der Waals surface area contributed by atoms with E-state index in [2.05, 4.69) is 10.3 Å². The lowest BCUT2D eigenvalue weighted by Gasteiger charge is -2.01. The SMILES string of the molecule is CCOC(=O)c1cn(-c2cc(Cl)cc(Cl)c2)nn1. The highest BCUT2D eigenvalue weighted by atomic mass is 35.5. The van der Waals surface area contributed by atoms with Crippen LogP contribution >= 0.6 is 23.2 Å². The van der Waals surface area contributed by atoms with Gasteiger partial charge in [0.2, 0.25) is 0 Å². The van der Waals surface area contributed by atoms with Crippen molar-refractivity contribution < 1.29 is 9.53 Å². The second-order valence-electron chi connectivity index (χ2n) is 3.40. The van der Waals surface area contributed by atoms with E-state index in [-0.39, 0.29) is 12.3 Å². The van der Waals surface area contributed by atoms with Gasteiger partial charge in [-0.15, -0.1) is 5.10 Å². The number of esters is 1. The molecule has 0 aliphatic rings. The Hall–Kier alpha value is -1.59. The molecule has 1 heterocycles. The van der Waals surface area contributed by atoms with Gasteiger partial charge >= 0.3 is 5.97 Å². The third-order valence-corrected chi connectivity index (χ3v) is 2.53. The van der Waals surface area contributed by atoms with Crippen LogP contribution in [0.1, 0.15) is 17.4 Å². The van der Waals surface area contributed by atoms with Crippen molar-refractivity contribution in [2.45, 2.75) is 6.92 Å². The van der Waals surface area contributed by atoms with Crippen molar-refractivity contribution in [3.63, 3.8) is 0 Å². The van der Waals surface area contributed by atoms with Crippen LogP contribution in [-0.2, 0) is 4.74 Å². The predicted octanol–water partition coefficient (Wildman–Crippen LogP) is 2.75. The van der Waals surface area contributed by atoms with E-state index in [0.29, 0.717) is 15.7 Å². The zero-order valence-electron chi connectivity index (χ0n) is 9.43. The van der Waals surface area contributed by atoms with Crippen molar-refractivity contribution in [2.75, 3.05) is 6.61 Å². The van der Waals surface area contributed by atoms with E-state index >= 15 is 0 Å². The summed E-state index contributed by atoms with van der Waals surface area (Å²) >= 11 is 11.8. The molecule has 0 atom stereocenters. The smallest absolute Gasteiger partial charge is 0.360 e. The number of nitrogens with zero attached hydrogens (tertiary/aromatic N) is 3. The average Bonchev–Trinajstić information content (AvgIpc) is 2.77. The van der Waals surface area contributed by atoms with E-state index in [1.807, 2.05) is 0 Å². The zero-order valence-corrected chi connectivity index (χ0v) is 10.9. The molecule has 0 spiro atoms. The van der Waals surface area contributed by atoms with Crippen LogP contribution in [0.3, 0.4) is 0 Å². The largest absolute Gasteiger partial charge is 0.461 e. The second-order valence-corrected chi connectivity index (χ2v) is 4.27. The summed E-state index contributed by atoms with van der Waals surface area (Å²) < 4.78 is 6.22. The first-order valence-corrected chi connectivity index (χ1v) is 5.91. The molecule has 0 aliphatic heterocycles. The van der Waals surface area contributed by atoms with Crippen molar-refractivity contribution >= 4 is 29.2 Å². The summed E-state index contributed by atoms with van der Waals surface area (Å²) in [6, 6.07) is 4.93. The molecule has 1 aromatic heterocycles. The van der Waals surface area contributed by atoms with Gasteiger partial charge in [0.05, 0.1) is 18.5 Å². The van der Waals surface area contributed by atoms with Crippen LogP contribution in [0, 0.1) is 0 Å². The van der Waals surface area contributed by atoms with Gasteiger partial charge in [0.25, 0.3) is 0 Å². The number of carbonyl (C=O) groups is 1. The number of hydrogen-bond acceptors (Lipinski definition) is 4. The molecule has 0 bridgehead atoms. The number of halogens is 2. The summed E-state index contributed by atoms with van der Waals surface area (Å²) in [6.07, 6.45) is 1.46. The van der Waals surface area contributed by atoms with E-state index < -0.39 is 5.97 Å². The van der Waals surface area contributed by atoms with Gasteiger partial charge in [-0.3, -0.25) is 0 Å². The standard InChI is InChI=1S/C11H9Cl2N3O2/c1-2-18-11(17)10-6-16(15-14-10)9-4-7(12)3-8(13)5-9/h3-6H,2H2,1H3. The lowest BCUT2D eigenvalue weighted by atomic mass is 10.3. The van der Waals surface area contributed by atoms with Gasteiger partial charge in [0.15, 0.2) is 5.69 Å². The van der Waals surface area contributed by atoms with Gasteiger partial charge in [-0.2, -0.15) is 0 Å². The Kier molecular flexibility index (Phi) is 3.84. The van der Waals surface area contributed by atoms with Crippen LogP contribution in [0.2, 0.25) is 10.0 Å². The lowest BCUT2D eigenvalue weighted by Crippen LogP contribution is -2.04. The summed E-state index contributed by atoms with van der Waals surface area (Å²) in [5, 5.41) is 8.50. The highest BCUT2D eigenvalue weighted by Crippen LogP contribution is 2.21. The normalized spacial score (nSPS) is 10.4. The molecule has 2 aromatic rings. The van der Waals surface area contributed by atoms with Crippen LogP contribution in [0.25, 0.3) is 5.69 Å². The zero-order chi connectivity index (χ0) is 13.1. The van der Waals surface area contributed by atoms with E-state index in [1.165, 1.54) is 10.9 Å². The molecule has 0 unspecified atom stereocenters. The van der Waals surface area contributed by atoms with Gasteiger partial charge in [0.1, 0.15) is 0 Å². The van der Waals surface area contributed by atoms with Gasteiger partial charge in [-0.25, -0.2) is 9.48 Å². The van der Waals surface area contributed by atoms with Crippen LogP contribution < -0.4 is 0 Å². The minimum atomic E-state index is -0.517. The van der Waals surface area contributed by atoms with Crippen molar-refractivity contribution in [1.29, 1.82) is 0 Å². The summed E-state index contributed by atoms with van der Waals surface area (Å²) in [6.45, 7) is 2.01. The molecule has 0 saturated heterocycles. The number of ether oxygens (including phenoxy) is 1. The highest BCUT2D eigenvalue weighted by molar-refractivity contribution is 6.34. The maximum Gasteiger partial charge on any atom is 0.360 e. The van der Waals surface area contributed by atoms with Crippen LogP contribution in [0.15, 0.2) is 24.4 Å². The topological polar surface area (TPSA) is 57.0 Å². The number of aromatic nitrogens is 3. The van der Waals surface area contributed by atoms with Gasteiger partial charge in [-0.05, 0) is 25.1 Å². The molecule has 0 radical (unpaired) electrons. The van der Waals surface area contributed by atoms with Crippen molar-refractivity contribution in [3.8, 4) is 5.69 Å². The molecule has 0 amide bonds. The molecule has 0 saturated carbocycles. The molecule has 7 heteroatoms. The first kappa shape index (κ1) is 12.9. The molecule has 0 N–H and O–H groups in total. The molecule has 18 heavy (non-hydrogen) atoms. The quantitative estimate of drug-likeness (QED) is 0.814. The second kappa shape index (κ2) is 5.37. The predicted molar refractivity (Wildman–Crippen MR) is 67.3 cm³/mol. The third-order valence-electron chi connectivity index (χ3n) is 2.09. The maximum absolute atomic E-state index is 11.4. The van der Waals surface area contributed by atoms with Crippen molar-refractivity contribution in [2.24, 2.45) is 0 Å². The summed E-state index contributed by atoms with van der Waals surface area (Å²) in [7, 11) is 0. The van der Waals surface area contributed by atoms with Gasteiger partial charge in [-0.1, -0.05) is 28.4 Å². The molecule has 0 aliphatic carbocycles. The molecule has 2 rings (SSSR count). The fraction of sp³-hybridized carbons (Fsp3) is 0.182. The number of hydrogen-bond donors (Lipinski definition) is 0. The third kappa shape index (κ3) is 2.80. The van der Waals surface area contributed by atoms with Gasteiger partial charge in [0, 0.05) is 10.0 Å². The van der Waals surface area contributed by atoms with Crippen LogP contribution in [0.4, 0.5) is 0 Å². The number of rotatable bonds is 3. The molecule has 1 aromatic carbocycles. The molecule has 0 fully saturated rings. The molecular formula is C11H9Cl2N3O2. The van der Waals surface area contributed by atoms with E-state index in [9.17, 15) is 4.79 Å². The molecular weight excluding hydrogens is 277 g/mol. The van der Waals surface area contributed by atoms with E-state index in [0.717, 1.165) is 0 Å².